The van der Waals surface area contributed by atoms with Crippen molar-refractivity contribution in [3.8, 4) is 0 Å². The summed E-state index contributed by atoms with van der Waals surface area (Å²) in [6.07, 6.45) is 1.07. The van der Waals surface area contributed by atoms with E-state index in [-0.39, 0.29) is 5.82 Å². The standard InChI is InChI=1S/C11H14BrFN2/c1-15-5-4-9(7-15)14-11-6-8(12)2-3-10(11)13/h2-3,6,9,14H,4-5,7H2,1H3. The molecule has 1 N–H and O–H groups in total. The molecule has 15 heavy (non-hydrogen) atoms. The number of likely N-dealkylation sites (N-methyl/N-ethyl adjacent to an activating group) is 1. The molecule has 1 aliphatic heterocycles. The number of anilines is 1. The van der Waals surface area contributed by atoms with Gasteiger partial charge in [0.1, 0.15) is 5.82 Å². The zero-order valence-electron chi connectivity index (χ0n) is 8.63. The number of rotatable bonds is 2. The van der Waals surface area contributed by atoms with Gasteiger partial charge < -0.3 is 10.2 Å². The van der Waals surface area contributed by atoms with Crippen LogP contribution in [0, 0.1) is 5.82 Å². The Morgan fingerprint density at radius 1 is 1.53 bits per heavy atom. The Bertz CT molecular complexity index is 356. The highest BCUT2D eigenvalue weighted by molar-refractivity contribution is 9.10. The monoisotopic (exact) mass is 272 g/mol. The van der Waals surface area contributed by atoms with Crippen molar-refractivity contribution in [2.24, 2.45) is 0 Å². The highest BCUT2D eigenvalue weighted by Gasteiger charge is 2.19. The summed E-state index contributed by atoms with van der Waals surface area (Å²) in [6.45, 7) is 2.05. The summed E-state index contributed by atoms with van der Waals surface area (Å²) in [5.41, 5.74) is 0.588. The van der Waals surface area contributed by atoms with Crippen molar-refractivity contribution in [3.63, 3.8) is 0 Å². The van der Waals surface area contributed by atoms with Crippen molar-refractivity contribution in [1.29, 1.82) is 0 Å². The molecule has 0 radical (unpaired) electrons. The first-order chi connectivity index (χ1) is 7.15. The summed E-state index contributed by atoms with van der Waals surface area (Å²) < 4.78 is 14.3. The van der Waals surface area contributed by atoms with Crippen molar-refractivity contribution < 1.29 is 4.39 Å². The first-order valence-electron chi connectivity index (χ1n) is 5.05. The van der Waals surface area contributed by atoms with E-state index in [2.05, 4.69) is 33.2 Å². The summed E-state index contributed by atoms with van der Waals surface area (Å²) in [5.74, 6) is -0.187. The topological polar surface area (TPSA) is 15.3 Å². The van der Waals surface area contributed by atoms with Crippen LogP contribution in [0.4, 0.5) is 10.1 Å². The molecule has 0 bridgehead atoms. The van der Waals surface area contributed by atoms with E-state index in [4.69, 9.17) is 0 Å². The van der Waals surface area contributed by atoms with E-state index in [1.54, 1.807) is 12.1 Å². The van der Waals surface area contributed by atoms with Gasteiger partial charge in [0.25, 0.3) is 0 Å². The molecule has 0 amide bonds. The highest BCUT2D eigenvalue weighted by atomic mass is 79.9. The van der Waals surface area contributed by atoms with Gasteiger partial charge in [0, 0.05) is 17.1 Å². The average Bonchev–Trinajstić information content (AvgIpc) is 2.58. The molecule has 0 spiro atoms. The molecule has 2 nitrogen and oxygen atoms in total. The maximum Gasteiger partial charge on any atom is 0.146 e. The molecule has 1 unspecified atom stereocenters. The first kappa shape index (κ1) is 10.9. The smallest absolute Gasteiger partial charge is 0.146 e. The van der Waals surface area contributed by atoms with Crippen molar-refractivity contribution in [3.05, 3.63) is 28.5 Å². The van der Waals surface area contributed by atoms with Gasteiger partial charge in [-0.3, -0.25) is 0 Å². The van der Waals surface area contributed by atoms with Gasteiger partial charge >= 0.3 is 0 Å². The summed E-state index contributed by atoms with van der Waals surface area (Å²) in [5, 5.41) is 3.23. The van der Waals surface area contributed by atoms with E-state index < -0.39 is 0 Å². The minimum atomic E-state index is -0.187. The fourth-order valence-electron chi connectivity index (χ4n) is 1.88. The van der Waals surface area contributed by atoms with Crippen LogP contribution in [-0.2, 0) is 0 Å². The second-order valence-corrected chi connectivity index (χ2v) is 4.93. The summed E-state index contributed by atoms with van der Waals surface area (Å²) in [4.78, 5) is 2.24. The number of likely N-dealkylation sites (tertiary alicyclic amines) is 1. The van der Waals surface area contributed by atoms with E-state index >= 15 is 0 Å². The second kappa shape index (κ2) is 4.49. The molecule has 1 saturated heterocycles. The number of nitrogens with one attached hydrogen (secondary N) is 1. The van der Waals surface area contributed by atoms with Crippen LogP contribution in [0.3, 0.4) is 0 Å². The number of nitrogens with zero attached hydrogens (tertiary/aromatic N) is 1. The van der Waals surface area contributed by atoms with E-state index in [1.165, 1.54) is 6.07 Å². The minimum absolute atomic E-state index is 0.187. The van der Waals surface area contributed by atoms with Gasteiger partial charge in [0.15, 0.2) is 0 Å². The largest absolute Gasteiger partial charge is 0.379 e. The normalized spacial score (nSPS) is 21.9. The quantitative estimate of drug-likeness (QED) is 0.891. The van der Waals surface area contributed by atoms with Gasteiger partial charge in [-0.15, -0.1) is 0 Å². The molecule has 82 valence electrons. The summed E-state index contributed by atoms with van der Waals surface area (Å²) in [7, 11) is 2.08. The Labute approximate surface area is 97.6 Å². The molecule has 1 heterocycles. The second-order valence-electron chi connectivity index (χ2n) is 4.02. The molecular weight excluding hydrogens is 259 g/mol. The molecule has 1 aliphatic rings. The maximum absolute atomic E-state index is 13.4. The zero-order valence-corrected chi connectivity index (χ0v) is 10.2. The Morgan fingerprint density at radius 2 is 2.33 bits per heavy atom. The van der Waals surface area contributed by atoms with Crippen molar-refractivity contribution in [1.82, 2.24) is 4.90 Å². The lowest BCUT2D eigenvalue weighted by Gasteiger charge is -2.15. The summed E-state index contributed by atoms with van der Waals surface area (Å²) in [6, 6.07) is 5.33. The number of hydrogen-bond acceptors (Lipinski definition) is 2. The van der Waals surface area contributed by atoms with E-state index in [0.717, 1.165) is 24.0 Å². The fourth-order valence-corrected chi connectivity index (χ4v) is 2.24. The van der Waals surface area contributed by atoms with E-state index in [1.807, 2.05) is 0 Å². The van der Waals surface area contributed by atoms with Crippen molar-refractivity contribution in [2.45, 2.75) is 12.5 Å². The predicted molar refractivity (Wildman–Crippen MR) is 63.6 cm³/mol. The van der Waals surface area contributed by atoms with Crippen LogP contribution in [0.15, 0.2) is 22.7 Å². The zero-order chi connectivity index (χ0) is 10.8. The molecule has 1 aromatic carbocycles. The average molecular weight is 273 g/mol. The Hall–Kier alpha value is -0.610. The molecule has 1 aromatic rings. The van der Waals surface area contributed by atoms with Crippen LogP contribution in [0.1, 0.15) is 6.42 Å². The van der Waals surface area contributed by atoms with Gasteiger partial charge in [-0.1, -0.05) is 15.9 Å². The Kier molecular flexibility index (Phi) is 3.26. The van der Waals surface area contributed by atoms with Crippen LogP contribution in [0.5, 0.6) is 0 Å². The SMILES string of the molecule is CN1CCC(Nc2cc(Br)ccc2F)C1. The first-order valence-corrected chi connectivity index (χ1v) is 5.84. The molecule has 1 fully saturated rings. The van der Waals surface area contributed by atoms with Crippen LogP contribution >= 0.6 is 15.9 Å². The molecule has 4 heteroatoms. The lowest BCUT2D eigenvalue weighted by atomic mass is 10.2. The molecule has 0 aliphatic carbocycles. The van der Waals surface area contributed by atoms with Crippen LogP contribution in [0.25, 0.3) is 0 Å². The number of benzene rings is 1. The third-order valence-corrected chi connectivity index (χ3v) is 3.17. The maximum atomic E-state index is 13.4. The molecule has 2 rings (SSSR count). The van der Waals surface area contributed by atoms with Gasteiger partial charge in [0.2, 0.25) is 0 Å². The minimum Gasteiger partial charge on any atom is -0.379 e. The highest BCUT2D eigenvalue weighted by Crippen LogP contribution is 2.22. The van der Waals surface area contributed by atoms with Gasteiger partial charge in [0.05, 0.1) is 5.69 Å². The molecule has 1 atom stereocenters. The molecule has 0 saturated carbocycles. The van der Waals surface area contributed by atoms with Crippen LogP contribution in [-0.4, -0.2) is 31.1 Å². The predicted octanol–water partition coefficient (Wildman–Crippen LogP) is 2.70. The van der Waals surface area contributed by atoms with Gasteiger partial charge in [-0.25, -0.2) is 4.39 Å². The Morgan fingerprint density at radius 3 is 3.00 bits per heavy atom. The van der Waals surface area contributed by atoms with Crippen molar-refractivity contribution >= 4 is 21.6 Å². The van der Waals surface area contributed by atoms with Gasteiger partial charge in [-0.05, 0) is 38.2 Å². The van der Waals surface area contributed by atoms with Crippen LogP contribution < -0.4 is 5.32 Å². The fraction of sp³-hybridized carbons (Fsp3) is 0.455. The van der Waals surface area contributed by atoms with Crippen molar-refractivity contribution in [2.75, 3.05) is 25.5 Å². The lowest BCUT2D eigenvalue weighted by molar-refractivity contribution is 0.414. The molecule has 0 aromatic heterocycles. The van der Waals surface area contributed by atoms with E-state index in [0.29, 0.717) is 11.7 Å². The summed E-state index contributed by atoms with van der Waals surface area (Å²) >= 11 is 3.34. The number of halogens is 2. The van der Waals surface area contributed by atoms with Gasteiger partial charge in [-0.2, -0.15) is 0 Å². The number of hydrogen-bond donors (Lipinski definition) is 1. The van der Waals surface area contributed by atoms with E-state index in [9.17, 15) is 4.39 Å². The Balaban J connectivity index is 2.07. The third kappa shape index (κ3) is 2.69. The van der Waals surface area contributed by atoms with Crippen LogP contribution in [0.2, 0.25) is 0 Å². The lowest BCUT2D eigenvalue weighted by Crippen LogP contribution is -2.23. The third-order valence-electron chi connectivity index (χ3n) is 2.68. The molecular formula is C11H14BrFN2.